The van der Waals surface area contributed by atoms with Gasteiger partial charge in [-0.2, -0.15) is 0 Å². The molecule has 3 aliphatic rings. The van der Waals surface area contributed by atoms with Crippen molar-refractivity contribution < 1.29 is 9.90 Å². The molecule has 0 amide bonds. The van der Waals surface area contributed by atoms with Gasteiger partial charge in [0, 0.05) is 18.4 Å². The molecule has 3 heteroatoms. The number of nitrogens with one attached hydrogen (secondary N) is 1. The summed E-state index contributed by atoms with van der Waals surface area (Å²) in [6.45, 7) is 4.20. The molecule has 1 aromatic rings. The van der Waals surface area contributed by atoms with Gasteiger partial charge in [0.25, 0.3) is 0 Å². The SMILES string of the molecule is CC1=CC2C(=C3CNCCC3C2c2ccc(C(=O)O)cc2)C=C1. The van der Waals surface area contributed by atoms with Crippen LogP contribution in [0.25, 0.3) is 0 Å². The summed E-state index contributed by atoms with van der Waals surface area (Å²) in [7, 11) is 0. The van der Waals surface area contributed by atoms with Crippen molar-refractivity contribution in [2.24, 2.45) is 11.8 Å². The normalized spacial score (nSPS) is 29.1. The van der Waals surface area contributed by atoms with Gasteiger partial charge in [-0.15, -0.1) is 0 Å². The van der Waals surface area contributed by atoms with Crippen LogP contribution in [0.1, 0.15) is 35.2 Å². The maximum absolute atomic E-state index is 11.1. The van der Waals surface area contributed by atoms with Crippen molar-refractivity contribution in [1.29, 1.82) is 0 Å². The molecule has 1 heterocycles. The van der Waals surface area contributed by atoms with Crippen LogP contribution in [-0.2, 0) is 0 Å². The Morgan fingerprint density at radius 3 is 2.74 bits per heavy atom. The molecule has 2 N–H and O–H groups in total. The van der Waals surface area contributed by atoms with Gasteiger partial charge in [-0.1, -0.05) is 35.9 Å². The van der Waals surface area contributed by atoms with Gasteiger partial charge < -0.3 is 10.4 Å². The number of benzene rings is 1. The lowest BCUT2D eigenvalue weighted by Gasteiger charge is -2.30. The first kappa shape index (κ1) is 14.5. The number of hydrogen-bond acceptors (Lipinski definition) is 2. The van der Waals surface area contributed by atoms with E-state index in [4.69, 9.17) is 5.11 Å². The van der Waals surface area contributed by atoms with Crippen LogP contribution in [0.3, 0.4) is 0 Å². The van der Waals surface area contributed by atoms with E-state index in [0.29, 0.717) is 23.3 Å². The lowest BCUT2D eigenvalue weighted by molar-refractivity contribution is 0.0697. The summed E-state index contributed by atoms with van der Waals surface area (Å²) in [6, 6.07) is 7.51. The highest BCUT2D eigenvalue weighted by Crippen LogP contribution is 2.52. The van der Waals surface area contributed by atoms with E-state index in [1.165, 1.54) is 16.7 Å². The van der Waals surface area contributed by atoms with Crippen molar-refractivity contribution in [2.45, 2.75) is 19.3 Å². The lowest BCUT2D eigenvalue weighted by atomic mass is 9.76. The smallest absolute Gasteiger partial charge is 0.335 e. The fourth-order valence-corrected chi connectivity index (χ4v) is 4.42. The minimum atomic E-state index is -0.860. The fourth-order valence-electron chi connectivity index (χ4n) is 4.42. The molecule has 1 aromatic carbocycles. The van der Waals surface area contributed by atoms with Gasteiger partial charge in [0.2, 0.25) is 0 Å². The van der Waals surface area contributed by atoms with Gasteiger partial charge in [-0.05, 0) is 54.6 Å². The molecule has 3 unspecified atom stereocenters. The minimum absolute atomic E-state index is 0.362. The van der Waals surface area contributed by atoms with Gasteiger partial charge in [0.15, 0.2) is 0 Å². The number of carboxylic acid groups (broad SMARTS) is 1. The van der Waals surface area contributed by atoms with Crippen molar-refractivity contribution >= 4 is 5.97 Å². The molecule has 23 heavy (non-hydrogen) atoms. The molecule has 0 bridgehead atoms. The Balaban J connectivity index is 1.75. The second-order valence-corrected chi connectivity index (χ2v) is 6.78. The van der Waals surface area contributed by atoms with E-state index in [9.17, 15) is 4.79 Å². The molecular formula is C20H21NO2. The molecule has 1 saturated heterocycles. The molecule has 0 aromatic heterocycles. The van der Waals surface area contributed by atoms with Gasteiger partial charge in [-0.25, -0.2) is 4.79 Å². The standard InChI is InChI=1S/C20H21NO2/c1-12-2-7-15-17(10-12)19(16-8-9-21-11-18(15)16)13-3-5-14(6-4-13)20(22)23/h2-7,10,16-17,19,21H,8-9,11H2,1H3,(H,22,23). The van der Waals surface area contributed by atoms with Gasteiger partial charge in [0.1, 0.15) is 0 Å². The molecule has 1 aliphatic heterocycles. The molecule has 1 fully saturated rings. The zero-order valence-electron chi connectivity index (χ0n) is 13.3. The first-order valence-electron chi connectivity index (χ1n) is 8.28. The van der Waals surface area contributed by atoms with E-state index in [2.05, 4.69) is 30.5 Å². The number of piperidine rings is 1. The first-order chi connectivity index (χ1) is 11.1. The van der Waals surface area contributed by atoms with Gasteiger partial charge >= 0.3 is 5.97 Å². The Labute approximate surface area is 136 Å². The summed E-state index contributed by atoms with van der Waals surface area (Å²) in [4.78, 5) is 11.1. The lowest BCUT2D eigenvalue weighted by Crippen LogP contribution is -2.31. The summed E-state index contributed by atoms with van der Waals surface area (Å²) >= 11 is 0. The van der Waals surface area contributed by atoms with Crippen molar-refractivity contribution in [3.63, 3.8) is 0 Å². The van der Waals surface area contributed by atoms with E-state index in [1.54, 1.807) is 17.7 Å². The third kappa shape index (κ3) is 2.36. The van der Waals surface area contributed by atoms with Crippen LogP contribution in [0.15, 0.2) is 59.2 Å². The number of rotatable bonds is 2. The molecule has 0 saturated carbocycles. The molecule has 118 valence electrons. The van der Waals surface area contributed by atoms with Crippen molar-refractivity contribution in [3.05, 3.63) is 70.3 Å². The number of carboxylic acids is 1. The van der Waals surface area contributed by atoms with Crippen molar-refractivity contribution in [3.8, 4) is 0 Å². The number of aromatic carboxylic acids is 1. The number of hydrogen-bond donors (Lipinski definition) is 2. The molecular weight excluding hydrogens is 286 g/mol. The van der Waals surface area contributed by atoms with Crippen LogP contribution >= 0.6 is 0 Å². The third-order valence-corrected chi connectivity index (χ3v) is 5.46. The van der Waals surface area contributed by atoms with Crippen LogP contribution < -0.4 is 5.32 Å². The van der Waals surface area contributed by atoms with Crippen LogP contribution in [0.4, 0.5) is 0 Å². The second kappa shape index (κ2) is 5.50. The Kier molecular flexibility index (Phi) is 3.46. The van der Waals surface area contributed by atoms with E-state index in [0.717, 1.165) is 19.5 Å². The van der Waals surface area contributed by atoms with Gasteiger partial charge in [-0.3, -0.25) is 0 Å². The fraction of sp³-hybridized carbons (Fsp3) is 0.350. The van der Waals surface area contributed by atoms with Crippen LogP contribution in [0.2, 0.25) is 0 Å². The Hall–Kier alpha value is -2.13. The zero-order chi connectivity index (χ0) is 16.0. The van der Waals surface area contributed by atoms with E-state index in [-0.39, 0.29) is 0 Å². The maximum Gasteiger partial charge on any atom is 0.335 e. The van der Waals surface area contributed by atoms with Crippen LogP contribution in [-0.4, -0.2) is 24.2 Å². The van der Waals surface area contributed by atoms with E-state index >= 15 is 0 Å². The summed E-state index contributed by atoms with van der Waals surface area (Å²) in [6.07, 6.45) is 8.04. The number of carbonyl (C=O) groups is 1. The Bertz CT molecular complexity index is 739. The van der Waals surface area contributed by atoms with Crippen molar-refractivity contribution in [2.75, 3.05) is 13.1 Å². The zero-order valence-corrected chi connectivity index (χ0v) is 13.3. The number of allylic oxidation sites excluding steroid dienone is 5. The van der Waals surface area contributed by atoms with E-state index < -0.39 is 5.97 Å². The van der Waals surface area contributed by atoms with Crippen molar-refractivity contribution in [1.82, 2.24) is 5.32 Å². The average Bonchev–Trinajstić information content (AvgIpc) is 2.88. The molecule has 3 nitrogen and oxygen atoms in total. The molecule has 4 rings (SSSR count). The maximum atomic E-state index is 11.1. The molecule has 0 spiro atoms. The number of fused-ring (bicyclic) bond motifs is 2. The van der Waals surface area contributed by atoms with Crippen LogP contribution in [0.5, 0.6) is 0 Å². The highest BCUT2D eigenvalue weighted by atomic mass is 16.4. The summed E-state index contributed by atoms with van der Waals surface area (Å²) in [5.41, 5.74) is 5.96. The molecule has 3 atom stereocenters. The quantitative estimate of drug-likeness (QED) is 0.879. The summed E-state index contributed by atoms with van der Waals surface area (Å²) < 4.78 is 0. The summed E-state index contributed by atoms with van der Waals surface area (Å²) in [5, 5.41) is 12.6. The minimum Gasteiger partial charge on any atom is -0.478 e. The third-order valence-electron chi connectivity index (χ3n) is 5.46. The van der Waals surface area contributed by atoms with Gasteiger partial charge in [0.05, 0.1) is 5.56 Å². The Morgan fingerprint density at radius 2 is 2.00 bits per heavy atom. The van der Waals surface area contributed by atoms with E-state index in [1.807, 2.05) is 12.1 Å². The topological polar surface area (TPSA) is 49.3 Å². The largest absolute Gasteiger partial charge is 0.478 e. The second-order valence-electron chi connectivity index (χ2n) is 6.78. The molecule has 2 aliphatic carbocycles. The van der Waals surface area contributed by atoms with Crippen LogP contribution in [0, 0.1) is 11.8 Å². The predicted molar refractivity (Wildman–Crippen MR) is 90.5 cm³/mol. The molecule has 0 radical (unpaired) electrons. The highest BCUT2D eigenvalue weighted by Gasteiger charge is 2.42. The summed E-state index contributed by atoms with van der Waals surface area (Å²) in [5.74, 6) is 0.569. The first-order valence-corrected chi connectivity index (χ1v) is 8.28. The Morgan fingerprint density at radius 1 is 1.22 bits per heavy atom. The average molecular weight is 307 g/mol. The highest BCUT2D eigenvalue weighted by molar-refractivity contribution is 5.87. The monoisotopic (exact) mass is 307 g/mol. The predicted octanol–water partition coefficient (Wildman–Crippen LogP) is 3.52.